The zero-order chi connectivity index (χ0) is 26.4. The van der Waals surface area contributed by atoms with Gasteiger partial charge in [0.15, 0.2) is 0 Å². The van der Waals surface area contributed by atoms with E-state index in [1.165, 1.54) is 21.8 Å². The molecule has 3 aromatic heterocycles. The predicted octanol–water partition coefficient (Wildman–Crippen LogP) is 8.96. The molecule has 0 saturated carbocycles. The Kier molecular flexibility index (Phi) is 4.20. The Balaban J connectivity index is 1.42. The number of nitrogens with zero attached hydrogens (tertiary/aromatic N) is 2. The Bertz CT molecular complexity index is 2500. The van der Waals surface area contributed by atoms with Crippen molar-refractivity contribution in [3.63, 3.8) is 0 Å². The summed E-state index contributed by atoms with van der Waals surface area (Å²) >= 11 is 0. The second kappa shape index (κ2) is 7.81. The van der Waals surface area contributed by atoms with E-state index in [2.05, 4.69) is 114 Å². The summed E-state index contributed by atoms with van der Waals surface area (Å²) in [5.41, 5.74) is 7.79. The average molecular weight is 511 g/mol. The maximum absolute atomic E-state index is 13.7. The molecule has 0 amide bonds. The molecule has 0 radical (unpaired) electrons. The summed E-state index contributed by atoms with van der Waals surface area (Å²) in [6.07, 6.45) is 0. The lowest BCUT2D eigenvalue weighted by atomic mass is 9.97. The van der Waals surface area contributed by atoms with Crippen LogP contribution in [0.4, 0.5) is 0 Å². The van der Waals surface area contributed by atoms with E-state index in [4.69, 9.17) is 0 Å². The summed E-state index contributed by atoms with van der Waals surface area (Å²) in [7, 11) is 0. The maximum Gasteiger partial charge on any atom is 0.263 e. The van der Waals surface area contributed by atoms with Crippen LogP contribution in [0.25, 0.3) is 76.6 Å². The minimum absolute atomic E-state index is 0.0378. The fourth-order valence-electron chi connectivity index (χ4n) is 6.71. The van der Waals surface area contributed by atoms with E-state index in [1.54, 1.807) is 0 Å². The summed E-state index contributed by atoms with van der Waals surface area (Å²) in [6, 6.07) is 46.7. The lowest BCUT2D eigenvalue weighted by molar-refractivity contribution is 1.18. The Hall–Kier alpha value is -5.41. The summed E-state index contributed by atoms with van der Waals surface area (Å²) in [5.74, 6) is 0. The van der Waals surface area contributed by atoms with Crippen molar-refractivity contribution in [1.82, 2.24) is 8.97 Å². The molecule has 6 aromatic carbocycles. The normalized spacial score (nSPS) is 12.1. The number of pyridine rings is 1. The molecule has 186 valence electrons. The van der Waals surface area contributed by atoms with Gasteiger partial charge in [-0.25, -0.2) is 0 Å². The molecule has 0 aliphatic carbocycles. The molecule has 0 aliphatic rings. The summed E-state index contributed by atoms with van der Waals surface area (Å²) in [4.78, 5) is 13.7. The van der Waals surface area contributed by atoms with Gasteiger partial charge >= 0.3 is 0 Å². The fourth-order valence-corrected chi connectivity index (χ4v) is 6.71. The highest BCUT2D eigenvalue weighted by atomic mass is 16.1. The van der Waals surface area contributed by atoms with Crippen molar-refractivity contribution in [2.75, 3.05) is 0 Å². The SMILES string of the molecule is O=c1c2ccccc2c2cc(-c3ccc4c5ccccc5n(-c5ccccc5)c4c3)cc3c4ccccc4n1c23. The summed E-state index contributed by atoms with van der Waals surface area (Å²) in [6.45, 7) is 0. The zero-order valence-electron chi connectivity index (χ0n) is 21.5. The molecule has 0 saturated heterocycles. The molecule has 3 nitrogen and oxygen atoms in total. The van der Waals surface area contributed by atoms with Gasteiger partial charge in [0, 0.05) is 38.0 Å². The van der Waals surface area contributed by atoms with Crippen molar-refractivity contribution in [3.05, 3.63) is 144 Å². The zero-order valence-corrected chi connectivity index (χ0v) is 21.5. The van der Waals surface area contributed by atoms with Crippen LogP contribution in [0, 0.1) is 0 Å². The highest BCUT2D eigenvalue weighted by Gasteiger charge is 2.19. The quantitative estimate of drug-likeness (QED) is 0.213. The molecule has 3 heteroatoms. The molecule has 0 N–H and O–H groups in total. The first kappa shape index (κ1) is 21.5. The number of hydrogen-bond donors (Lipinski definition) is 0. The number of para-hydroxylation sites is 3. The van der Waals surface area contributed by atoms with Crippen LogP contribution in [0.15, 0.2) is 138 Å². The molecule has 0 aliphatic heterocycles. The third kappa shape index (κ3) is 2.76. The molecular formula is C37H22N2O. The van der Waals surface area contributed by atoms with Crippen LogP contribution in [-0.4, -0.2) is 8.97 Å². The third-order valence-electron chi connectivity index (χ3n) is 8.44. The molecular weight excluding hydrogens is 488 g/mol. The third-order valence-corrected chi connectivity index (χ3v) is 8.44. The van der Waals surface area contributed by atoms with E-state index >= 15 is 0 Å². The van der Waals surface area contributed by atoms with Gasteiger partial charge in [-0.2, -0.15) is 0 Å². The molecule has 3 heterocycles. The van der Waals surface area contributed by atoms with E-state index in [0.29, 0.717) is 0 Å². The minimum Gasteiger partial charge on any atom is -0.309 e. The van der Waals surface area contributed by atoms with Crippen LogP contribution in [0.1, 0.15) is 0 Å². The van der Waals surface area contributed by atoms with E-state index in [-0.39, 0.29) is 5.56 Å². The predicted molar refractivity (Wildman–Crippen MR) is 167 cm³/mol. The van der Waals surface area contributed by atoms with Crippen molar-refractivity contribution >= 4 is 59.8 Å². The van der Waals surface area contributed by atoms with E-state index in [9.17, 15) is 4.79 Å². The fraction of sp³-hybridized carbons (Fsp3) is 0. The highest BCUT2D eigenvalue weighted by Crippen LogP contribution is 2.40. The number of hydrogen-bond acceptors (Lipinski definition) is 1. The second-order valence-corrected chi connectivity index (χ2v) is 10.5. The van der Waals surface area contributed by atoms with Crippen LogP contribution in [0.3, 0.4) is 0 Å². The van der Waals surface area contributed by atoms with E-state index < -0.39 is 0 Å². The van der Waals surface area contributed by atoms with Gasteiger partial charge in [0.1, 0.15) is 0 Å². The maximum atomic E-state index is 13.7. The van der Waals surface area contributed by atoms with Gasteiger partial charge in [-0.15, -0.1) is 0 Å². The van der Waals surface area contributed by atoms with Gasteiger partial charge in [-0.3, -0.25) is 9.20 Å². The number of rotatable bonds is 2. The molecule has 0 bridgehead atoms. The van der Waals surface area contributed by atoms with Gasteiger partial charge in [0.2, 0.25) is 0 Å². The molecule has 0 spiro atoms. The van der Waals surface area contributed by atoms with Gasteiger partial charge in [0.25, 0.3) is 5.56 Å². The average Bonchev–Trinajstić information content (AvgIpc) is 3.53. The first-order valence-electron chi connectivity index (χ1n) is 13.6. The number of aromatic nitrogens is 2. The van der Waals surface area contributed by atoms with E-state index in [0.717, 1.165) is 54.8 Å². The Morgan fingerprint density at radius 2 is 0.975 bits per heavy atom. The molecule has 0 atom stereocenters. The monoisotopic (exact) mass is 510 g/mol. The lowest BCUT2D eigenvalue weighted by Crippen LogP contribution is -2.12. The van der Waals surface area contributed by atoms with Crippen LogP contribution in [-0.2, 0) is 0 Å². The van der Waals surface area contributed by atoms with Crippen LogP contribution in [0.5, 0.6) is 0 Å². The smallest absolute Gasteiger partial charge is 0.263 e. The Labute approximate surface area is 229 Å². The number of benzene rings is 6. The minimum atomic E-state index is 0.0378. The van der Waals surface area contributed by atoms with Crippen molar-refractivity contribution < 1.29 is 0 Å². The topological polar surface area (TPSA) is 26.4 Å². The van der Waals surface area contributed by atoms with Crippen LogP contribution >= 0.6 is 0 Å². The summed E-state index contributed by atoms with van der Waals surface area (Å²) < 4.78 is 4.26. The standard InChI is InChI=1S/C37H22N2O/c40-37-30-15-5-4-12-26(30)31-20-24(21-32-28-14-7-9-17-34(28)39(37)36(31)32)23-18-19-29-27-13-6-8-16-33(27)38(35(29)22-23)25-10-2-1-3-11-25/h1-22H. The molecule has 0 fully saturated rings. The molecule has 0 unspecified atom stereocenters. The van der Waals surface area contributed by atoms with Crippen molar-refractivity contribution in [1.29, 1.82) is 0 Å². The van der Waals surface area contributed by atoms with Gasteiger partial charge in [-0.1, -0.05) is 84.9 Å². The molecule has 9 rings (SSSR count). The first-order valence-corrected chi connectivity index (χ1v) is 13.6. The molecule has 40 heavy (non-hydrogen) atoms. The van der Waals surface area contributed by atoms with E-state index in [1.807, 2.05) is 28.7 Å². The largest absolute Gasteiger partial charge is 0.309 e. The van der Waals surface area contributed by atoms with Crippen LogP contribution in [0.2, 0.25) is 0 Å². The van der Waals surface area contributed by atoms with Gasteiger partial charge < -0.3 is 4.57 Å². The van der Waals surface area contributed by atoms with Crippen LogP contribution < -0.4 is 5.56 Å². The second-order valence-electron chi connectivity index (χ2n) is 10.5. The van der Waals surface area contributed by atoms with Crippen molar-refractivity contribution in [2.24, 2.45) is 0 Å². The first-order chi connectivity index (χ1) is 19.8. The summed E-state index contributed by atoms with van der Waals surface area (Å²) in [5, 5.41) is 7.52. The van der Waals surface area contributed by atoms with Gasteiger partial charge in [-0.05, 0) is 65.0 Å². The van der Waals surface area contributed by atoms with Crippen molar-refractivity contribution in [3.8, 4) is 16.8 Å². The van der Waals surface area contributed by atoms with Crippen molar-refractivity contribution in [2.45, 2.75) is 0 Å². The Morgan fingerprint density at radius 3 is 1.75 bits per heavy atom. The number of fused-ring (bicyclic) bond motifs is 8. The van der Waals surface area contributed by atoms with Gasteiger partial charge in [0.05, 0.1) is 22.1 Å². The highest BCUT2D eigenvalue weighted by molar-refractivity contribution is 6.21. The molecule has 9 aromatic rings. The Morgan fingerprint density at radius 1 is 0.400 bits per heavy atom. The lowest BCUT2D eigenvalue weighted by Gasteiger charge is -2.11.